The van der Waals surface area contributed by atoms with Crippen LogP contribution < -0.4 is 0 Å². The van der Waals surface area contributed by atoms with Gasteiger partial charge in [0.15, 0.2) is 5.75 Å². The van der Waals surface area contributed by atoms with Gasteiger partial charge in [-0.15, -0.1) is 0 Å². The first-order valence-corrected chi connectivity index (χ1v) is 3.50. The van der Waals surface area contributed by atoms with E-state index in [0.29, 0.717) is 0 Å². The molecule has 10 heavy (non-hydrogen) atoms. The third-order valence-corrected chi connectivity index (χ3v) is 1.66. The van der Waals surface area contributed by atoms with Gasteiger partial charge in [0.05, 0.1) is 0 Å². The van der Waals surface area contributed by atoms with Crippen molar-refractivity contribution in [3.63, 3.8) is 0 Å². The molecule has 0 amide bonds. The average molecular weight is 135 g/mol. The first kappa shape index (κ1) is 7.13. The van der Waals surface area contributed by atoms with Crippen molar-refractivity contribution in [1.82, 2.24) is 0 Å². The Kier molecular flexibility index (Phi) is 1.95. The SMILES string of the molecule is CCc1ccc(C)c([O])c1. The molecule has 0 aliphatic carbocycles. The van der Waals surface area contributed by atoms with Crippen LogP contribution in [0, 0.1) is 6.92 Å². The summed E-state index contributed by atoms with van der Waals surface area (Å²) in [5, 5.41) is 11.0. The largest absolute Gasteiger partial charge is 0.290 e. The molecule has 0 saturated carbocycles. The maximum atomic E-state index is 11.0. The molecule has 1 rings (SSSR count). The normalized spacial score (nSPS) is 9.80. The summed E-state index contributed by atoms with van der Waals surface area (Å²) in [5.41, 5.74) is 1.95. The lowest BCUT2D eigenvalue weighted by Gasteiger charge is -1.97. The van der Waals surface area contributed by atoms with Crippen molar-refractivity contribution >= 4 is 0 Å². The molecule has 0 aromatic heterocycles. The smallest absolute Gasteiger partial charge is 0.181 e. The molecule has 1 aromatic rings. The van der Waals surface area contributed by atoms with Crippen LogP contribution in [0.25, 0.3) is 0 Å². The van der Waals surface area contributed by atoms with Crippen molar-refractivity contribution in [2.45, 2.75) is 20.3 Å². The number of hydrogen-bond donors (Lipinski definition) is 0. The topological polar surface area (TPSA) is 19.9 Å². The number of benzene rings is 1. The van der Waals surface area contributed by atoms with Gasteiger partial charge in [0.2, 0.25) is 0 Å². The molecule has 1 aromatic carbocycles. The summed E-state index contributed by atoms with van der Waals surface area (Å²) in [4.78, 5) is 0. The van der Waals surface area contributed by atoms with Crippen molar-refractivity contribution in [3.05, 3.63) is 29.3 Å². The van der Waals surface area contributed by atoms with Crippen LogP contribution in [0.15, 0.2) is 18.2 Å². The lowest BCUT2D eigenvalue weighted by molar-refractivity contribution is 0.351. The van der Waals surface area contributed by atoms with Crippen molar-refractivity contribution in [2.24, 2.45) is 0 Å². The van der Waals surface area contributed by atoms with Crippen LogP contribution in [0.2, 0.25) is 0 Å². The van der Waals surface area contributed by atoms with Crippen LogP contribution in [0.5, 0.6) is 5.75 Å². The lowest BCUT2D eigenvalue weighted by Crippen LogP contribution is -1.79. The Morgan fingerprint density at radius 1 is 1.40 bits per heavy atom. The van der Waals surface area contributed by atoms with Crippen molar-refractivity contribution in [3.8, 4) is 5.75 Å². The minimum Gasteiger partial charge on any atom is -0.290 e. The molecule has 0 unspecified atom stereocenters. The van der Waals surface area contributed by atoms with E-state index in [-0.39, 0.29) is 5.75 Å². The Bertz CT molecular complexity index is 228. The molecule has 0 heterocycles. The number of rotatable bonds is 1. The molecule has 0 aliphatic heterocycles. The fourth-order valence-corrected chi connectivity index (χ4v) is 0.864. The first-order chi connectivity index (χ1) is 4.74. The average Bonchev–Trinajstić information content (AvgIpc) is 1.95. The molecule has 0 fully saturated rings. The molecule has 0 N–H and O–H groups in total. The van der Waals surface area contributed by atoms with Crippen molar-refractivity contribution in [2.75, 3.05) is 0 Å². The lowest BCUT2D eigenvalue weighted by atomic mass is 10.1. The Hall–Kier alpha value is -0.980. The molecular weight excluding hydrogens is 124 g/mol. The Morgan fingerprint density at radius 2 is 2.10 bits per heavy atom. The zero-order valence-electron chi connectivity index (χ0n) is 6.35. The van der Waals surface area contributed by atoms with Crippen LogP contribution in [-0.4, -0.2) is 0 Å². The Labute approximate surface area is 61.3 Å². The Morgan fingerprint density at radius 3 is 2.60 bits per heavy atom. The fraction of sp³-hybridized carbons (Fsp3) is 0.333. The zero-order valence-corrected chi connectivity index (χ0v) is 6.35. The summed E-state index contributed by atoms with van der Waals surface area (Å²) in [6.45, 7) is 3.88. The second-order valence-corrected chi connectivity index (χ2v) is 2.45. The van der Waals surface area contributed by atoms with Gasteiger partial charge in [0.1, 0.15) is 0 Å². The maximum absolute atomic E-state index is 11.0. The zero-order chi connectivity index (χ0) is 7.56. The highest BCUT2D eigenvalue weighted by Crippen LogP contribution is 2.17. The molecule has 53 valence electrons. The highest BCUT2D eigenvalue weighted by atomic mass is 16.3. The molecule has 1 heteroatoms. The summed E-state index contributed by atoms with van der Waals surface area (Å²) in [6, 6.07) is 5.58. The summed E-state index contributed by atoms with van der Waals surface area (Å²) in [7, 11) is 0. The van der Waals surface area contributed by atoms with E-state index in [0.717, 1.165) is 17.5 Å². The van der Waals surface area contributed by atoms with E-state index in [4.69, 9.17) is 0 Å². The van der Waals surface area contributed by atoms with Crippen LogP contribution in [-0.2, 0) is 11.5 Å². The van der Waals surface area contributed by atoms with Gasteiger partial charge in [-0.25, -0.2) is 0 Å². The van der Waals surface area contributed by atoms with Gasteiger partial charge in [0, 0.05) is 0 Å². The van der Waals surface area contributed by atoms with Crippen LogP contribution in [0.3, 0.4) is 0 Å². The second-order valence-electron chi connectivity index (χ2n) is 2.45. The van der Waals surface area contributed by atoms with Gasteiger partial charge >= 0.3 is 0 Å². The van der Waals surface area contributed by atoms with Crippen molar-refractivity contribution < 1.29 is 5.11 Å². The second kappa shape index (κ2) is 2.74. The monoisotopic (exact) mass is 135 g/mol. The third-order valence-electron chi connectivity index (χ3n) is 1.66. The molecule has 0 spiro atoms. The van der Waals surface area contributed by atoms with E-state index >= 15 is 0 Å². The van der Waals surface area contributed by atoms with Crippen molar-refractivity contribution in [1.29, 1.82) is 0 Å². The molecule has 0 bridgehead atoms. The summed E-state index contributed by atoms with van der Waals surface area (Å²) >= 11 is 0. The van der Waals surface area contributed by atoms with Crippen LogP contribution in [0.4, 0.5) is 0 Å². The van der Waals surface area contributed by atoms with Gasteiger partial charge in [-0.2, -0.15) is 0 Å². The Balaban J connectivity index is 3.04. The summed E-state index contributed by atoms with van der Waals surface area (Å²) < 4.78 is 0. The minimum absolute atomic E-state index is 0.152. The molecule has 0 atom stereocenters. The van der Waals surface area contributed by atoms with Gasteiger partial charge in [-0.05, 0) is 30.5 Å². The van der Waals surface area contributed by atoms with Gasteiger partial charge in [0.25, 0.3) is 0 Å². The molecule has 0 saturated heterocycles. The highest BCUT2D eigenvalue weighted by molar-refractivity contribution is 5.34. The molecule has 1 radical (unpaired) electrons. The highest BCUT2D eigenvalue weighted by Gasteiger charge is 1.96. The minimum atomic E-state index is 0.152. The van der Waals surface area contributed by atoms with E-state index in [1.807, 2.05) is 26.0 Å². The third kappa shape index (κ3) is 1.29. The predicted octanol–water partition coefficient (Wildman–Crippen LogP) is 2.70. The number of aryl methyl sites for hydroxylation is 2. The van der Waals surface area contributed by atoms with Crippen LogP contribution >= 0.6 is 0 Å². The fourth-order valence-electron chi connectivity index (χ4n) is 0.864. The maximum Gasteiger partial charge on any atom is 0.181 e. The quantitative estimate of drug-likeness (QED) is 0.564. The van der Waals surface area contributed by atoms with E-state index in [1.54, 1.807) is 6.07 Å². The van der Waals surface area contributed by atoms with E-state index < -0.39 is 0 Å². The predicted molar refractivity (Wildman–Crippen MR) is 40.7 cm³/mol. The van der Waals surface area contributed by atoms with Crippen LogP contribution in [0.1, 0.15) is 18.1 Å². The molecular formula is C9H11O. The standard InChI is InChI=1S/C9H11O/c1-3-8-5-4-7(2)9(10)6-8/h4-6H,3H2,1-2H3. The van der Waals surface area contributed by atoms with Gasteiger partial charge < -0.3 is 0 Å². The number of hydrogen-bond acceptors (Lipinski definition) is 0. The van der Waals surface area contributed by atoms with Gasteiger partial charge in [-0.1, -0.05) is 19.1 Å². The summed E-state index contributed by atoms with van der Waals surface area (Å²) in [6.07, 6.45) is 0.940. The van der Waals surface area contributed by atoms with E-state index in [9.17, 15) is 5.11 Å². The molecule has 1 nitrogen and oxygen atoms in total. The first-order valence-electron chi connectivity index (χ1n) is 3.50. The van der Waals surface area contributed by atoms with Gasteiger partial charge in [-0.3, -0.25) is 5.11 Å². The van der Waals surface area contributed by atoms with E-state index in [1.165, 1.54) is 0 Å². The van der Waals surface area contributed by atoms with E-state index in [2.05, 4.69) is 0 Å². The summed E-state index contributed by atoms with van der Waals surface area (Å²) in [5.74, 6) is 0.152. The molecule has 0 aliphatic rings.